The zero-order valence-corrected chi connectivity index (χ0v) is 15.1. The average molecular weight is 404 g/mol. The number of aliphatic carboxylic acids is 1. The van der Waals surface area contributed by atoms with Crippen LogP contribution in [0.4, 0.5) is 8.78 Å². The van der Waals surface area contributed by atoms with E-state index in [4.69, 9.17) is 21.7 Å². The van der Waals surface area contributed by atoms with Gasteiger partial charge in [-0.1, -0.05) is 24.0 Å². The van der Waals surface area contributed by atoms with Gasteiger partial charge in [0.15, 0.2) is 11.5 Å². The molecule has 0 aliphatic carbocycles. The standard InChI is InChI=1S/C15H13F2NO6S2/c1-22-8-3-7(4-9(23-2)12(8)24-14(16)17)5-10-13(21)18(6-11(19)20)15(25)26-10/h3-5,14H,6H2,1-2H3,(H,19,20)/p-1/b10-5-. The van der Waals surface area contributed by atoms with Gasteiger partial charge in [0.1, 0.15) is 4.32 Å². The highest BCUT2D eigenvalue weighted by Crippen LogP contribution is 2.41. The summed E-state index contributed by atoms with van der Waals surface area (Å²) < 4.78 is 39.7. The third kappa shape index (κ3) is 4.41. The van der Waals surface area contributed by atoms with Crippen molar-refractivity contribution in [3.8, 4) is 17.2 Å². The van der Waals surface area contributed by atoms with Gasteiger partial charge in [0.05, 0.1) is 31.6 Å². The number of carbonyl (C=O) groups is 2. The summed E-state index contributed by atoms with van der Waals surface area (Å²) in [5, 5.41) is 10.7. The van der Waals surface area contributed by atoms with Gasteiger partial charge in [-0.2, -0.15) is 8.78 Å². The fourth-order valence-corrected chi connectivity index (χ4v) is 3.36. The quantitative estimate of drug-likeness (QED) is 0.496. The molecule has 0 saturated carbocycles. The van der Waals surface area contributed by atoms with Crippen molar-refractivity contribution < 1.29 is 37.7 Å². The lowest BCUT2D eigenvalue weighted by Crippen LogP contribution is -2.40. The normalized spacial score (nSPS) is 15.7. The number of halogens is 2. The maximum Gasteiger partial charge on any atom is 0.387 e. The molecule has 0 radical (unpaired) electrons. The summed E-state index contributed by atoms with van der Waals surface area (Å²) in [6.45, 7) is -3.74. The monoisotopic (exact) mass is 404 g/mol. The number of carboxylic acids is 1. The number of carbonyl (C=O) groups excluding carboxylic acids is 2. The van der Waals surface area contributed by atoms with Crippen molar-refractivity contribution in [1.82, 2.24) is 4.90 Å². The average Bonchev–Trinajstić information content (AvgIpc) is 2.82. The van der Waals surface area contributed by atoms with Crippen LogP contribution in [0.25, 0.3) is 6.08 Å². The van der Waals surface area contributed by atoms with Gasteiger partial charge in [0, 0.05) is 0 Å². The SMILES string of the molecule is COc1cc(/C=C2\SC(=S)N(CC(=O)[O-])C2=O)cc(OC)c1OC(F)F. The first-order valence-corrected chi connectivity index (χ1v) is 8.15. The van der Waals surface area contributed by atoms with Crippen LogP contribution >= 0.6 is 24.0 Å². The van der Waals surface area contributed by atoms with Crippen LogP contribution in [0.3, 0.4) is 0 Å². The molecule has 1 saturated heterocycles. The van der Waals surface area contributed by atoms with Gasteiger partial charge < -0.3 is 24.1 Å². The molecule has 0 aromatic heterocycles. The largest absolute Gasteiger partial charge is 0.548 e. The molecular formula is C15H12F2NO6S2-. The zero-order valence-electron chi connectivity index (χ0n) is 13.5. The maximum absolute atomic E-state index is 12.6. The van der Waals surface area contributed by atoms with E-state index < -0.39 is 25.0 Å². The number of amides is 1. The Balaban J connectivity index is 2.40. The van der Waals surface area contributed by atoms with Crippen LogP contribution in [0, 0.1) is 0 Å². The van der Waals surface area contributed by atoms with Gasteiger partial charge >= 0.3 is 6.61 Å². The molecule has 1 aromatic carbocycles. The number of benzene rings is 1. The first-order valence-electron chi connectivity index (χ1n) is 6.92. The smallest absolute Gasteiger partial charge is 0.387 e. The van der Waals surface area contributed by atoms with Crippen LogP contribution in [0.1, 0.15) is 5.56 Å². The van der Waals surface area contributed by atoms with Gasteiger partial charge in [-0.05, 0) is 23.8 Å². The van der Waals surface area contributed by atoms with Gasteiger partial charge in [-0.3, -0.25) is 9.69 Å². The fraction of sp³-hybridized carbons (Fsp3) is 0.267. The van der Waals surface area contributed by atoms with Crippen molar-refractivity contribution in [3.05, 3.63) is 22.6 Å². The van der Waals surface area contributed by atoms with Crippen LogP contribution in [0.2, 0.25) is 0 Å². The lowest BCUT2D eigenvalue weighted by Gasteiger charge is -2.15. The molecule has 0 unspecified atom stereocenters. The number of thiocarbonyl (C=S) groups is 1. The molecule has 1 amide bonds. The lowest BCUT2D eigenvalue weighted by atomic mass is 10.1. The van der Waals surface area contributed by atoms with E-state index in [2.05, 4.69) is 4.74 Å². The number of hydrogen-bond acceptors (Lipinski definition) is 8. The molecule has 0 spiro atoms. The van der Waals surface area contributed by atoms with Gasteiger partial charge in [-0.25, -0.2) is 0 Å². The highest BCUT2D eigenvalue weighted by Gasteiger charge is 2.32. The molecule has 26 heavy (non-hydrogen) atoms. The summed E-state index contributed by atoms with van der Waals surface area (Å²) in [5.74, 6) is -2.39. The Kier molecular flexibility index (Phi) is 6.37. The third-order valence-corrected chi connectivity index (χ3v) is 4.53. The Morgan fingerprint density at radius 2 is 1.92 bits per heavy atom. The Labute approximate surface area is 156 Å². The predicted molar refractivity (Wildman–Crippen MR) is 91.1 cm³/mol. The van der Waals surface area contributed by atoms with Crippen molar-refractivity contribution in [3.63, 3.8) is 0 Å². The predicted octanol–water partition coefficient (Wildman–Crippen LogP) is 1.26. The summed E-state index contributed by atoms with van der Waals surface area (Å²) >= 11 is 5.88. The number of carboxylic acid groups (broad SMARTS) is 1. The van der Waals surface area contributed by atoms with Crippen molar-refractivity contribution in [2.75, 3.05) is 20.8 Å². The molecule has 11 heteroatoms. The summed E-state index contributed by atoms with van der Waals surface area (Å²) in [7, 11) is 2.52. The minimum atomic E-state index is -3.08. The molecule has 1 aromatic rings. The van der Waals surface area contributed by atoms with Crippen LogP contribution in [0.5, 0.6) is 17.2 Å². The number of rotatable bonds is 7. The zero-order chi connectivity index (χ0) is 19.4. The number of nitrogens with zero attached hydrogens (tertiary/aromatic N) is 1. The first-order chi connectivity index (χ1) is 12.3. The molecule has 1 heterocycles. The summed E-state index contributed by atoms with van der Waals surface area (Å²) in [5.41, 5.74) is 0.384. The Morgan fingerprint density at radius 3 is 2.38 bits per heavy atom. The molecular weight excluding hydrogens is 392 g/mol. The highest BCUT2D eigenvalue weighted by atomic mass is 32.2. The van der Waals surface area contributed by atoms with Crippen LogP contribution in [-0.4, -0.2) is 48.5 Å². The van der Waals surface area contributed by atoms with Crippen LogP contribution in [-0.2, 0) is 9.59 Å². The molecule has 2 rings (SSSR count). The van der Waals surface area contributed by atoms with Crippen molar-refractivity contribution in [2.24, 2.45) is 0 Å². The van der Waals surface area contributed by atoms with E-state index in [-0.39, 0.29) is 26.5 Å². The first kappa shape index (κ1) is 19.9. The van der Waals surface area contributed by atoms with Crippen molar-refractivity contribution in [2.45, 2.75) is 6.61 Å². The number of alkyl halides is 2. The minimum Gasteiger partial charge on any atom is -0.548 e. The van der Waals surface area contributed by atoms with Gasteiger partial charge in [-0.15, -0.1) is 0 Å². The fourth-order valence-electron chi connectivity index (χ4n) is 2.11. The molecule has 7 nitrogen and oxygen atoms in total. The van der Waals surface area contributed by atoms with E-state index in [1.807, 2.05) is 0 Å². The van der Waals surface area contributed by atoms with E-state index >= 15 is 0 Å². The second-order valence-electron chi connectivity index (χ2n) is 4.77. The highest BCUT2D eigenvalue weighted by molar-refractivity contribution is 8.26. The second kappa shape index (κ2) is 8.32. The Hall–Kier alpha value is -2.40. The Morgan fingerprint density at radius 1 is 1.35 bits per heavy atom. The number of hydrogen-bond donors (Lipinski definition) is 0. The molecule has 1 aliphatic rings. The molecule has 0 N–H and O–H groups in total. The molecule has 0 atom stereocenters. The van der Waals surface area contributed by atoms with Gasteiger partial charge in [0.2, 0.25) is 5.75 Å². The molecule has 0 bridgehead atoms. The van der Waals surface area contributed by atoms with E-state index in [1.165, 1.54) is 32.4 Å². The lowest BCUT2D eigenvalue weighted by molar-refractivity contribution is -0.305. The minimum absolute atomic E-state index is 0.0267. The maximum atomic E-state index is 12.6. The third-order valence-electron chi connectivity index (χ3n) is 3.15. The topological polar surface area (TPSA) is 88.1 Å². The molecule has 1 fully saturated rings. The van der Waals surface area contributed by atoms with Crippen molar-refractivity contribution >= 4 is 46.3 Å². The van der Waals surface area contributed by atoms with E-state index in [0.717, 1.165) is 16.7 Å². The van der Waals surface area contributed by atoms with E-state index in [9.17, 15) is 23.5 Å². The van der Waals surface area contributed by atoms with Crippen molar-refractivity contribution in [1.29, 1.82) is 0 Å². The van der Waals surface area contributed by atoms with E-state index in [0.29, 0.717) is 5.56 Å². The summed E-state index contributed by atoms with van der Waals surface area (Å²) in [6.07, 6.45) is 1.41. The summed E-state index contributed by atoms with van der Waals surface area (Å²) in [4.78, 5) is 24.0. The summed E-state index contributed by atoms with van der Waals surface area (Å²) in [6, 6.07) is 2.73. The second-order valence-corrected chi connectivity index (χ2v) is 6.45. The van der Waals surface area contributed by atoms with Crippen LogP contribution in [0.15, 0.2) is 17.0 Å². The molecule has 140 valence electrons. The van der Waals surface area contributed by atoms with E-state index in [1.54, 1.807) is 0 Å². The van der Waals surface area contributed by atoms with Gasteiger partial charge in [0.25, 0.3) is 5.91 Å². The number of methoxy groups -OCH3 is 2. The number of ether oxygens (including phenoxy) is 3. The number of thioether (sulfide) groups is 1. The Bertz CT molecular complexity index is 758. The molecule has 1 aliphatic heterocycles. The van der Waals surface area contributed by atoms with Crippen LogP contribution < -0.4 is 19.3 Å².